The summed E-state index contributed by atoms with van der Waals surface area (Å²) in [6, 6.07) is 9.75. The Balaban J connectivity index is 2.25. The van der Waals surface area contributed by atoms with Gasteiger partial charge in [-0.1, -0.05) is 30.3 Å². The average molecular weight is 218 g/mol. The highest BCUT2D eigenvalue weighted by Gasteiger charge is 2.30. The predicted octanol–water partition coefficient (Wildman–Crippen LogP) is 1.36. The van der Waals surface area contributed by atoms with Crippen molar-refractivity contribution >= 4 is 5.91 Å². The molecule has 4 heteroatoms. The van der Waals surface area contributed by atoms with Crippen LogP contribution in [0.1, 0.15) is 18.7 Å². The molecule has 0 fully saturated rings. The third-order valence-electron chi connectivity index (χ3n) is 2.58. The van der Waals surface area contributed by atoms with Crippen molar-refractivity contribution in [3.8, 4) is 0 Å². The maximum absolute atomic E-state index is 11.2. The van der Waals surface area contributed by atoms with E-state index in [9.17, 15) is 4.79 Å². The van der Waals surface area contributed by atoms with Crippen LogP contribution in [-0.4, -0.2) is 17.4 Å². The normalized spacial score (nSPS) is 19.2. The number of likely N-dealkylation sites (N-methyl/N-ethyl adjacent to an activating group) is 1. The van der Waals surface area contributed by atoms with Gasteiger partial charge >= 0.3 is 0 Å². The number of amides is 1. The lowest BCUT2D eigenvalue weighted by molar-refractivity contribution is -0.116. The third kappa shape index (κ3) is 1.74. The molecule has 2 rings (SSSR count). The van der Waals surface area contributed by atoms with Crippen LogP contribution in [0.15, 0.2) is 42.3 Å². The van der Waals surface area contributed by atoms with Gasteiger partial charge in [-0.3, -0.25) is 4.79 Å². The highest BCUT2D eigenvalue weighted by atomic mass is 16.5. The van der Waals surface area contributed by atoms with Crippen molar-refractivity contribution in [2.24, 2.45) is 5.73 Å². The molecular weight excluding hydrogens is 204 g/mol. The number of nitrogens with zero attached hydrogens (tertiary/aromatic N) is 1. The number of primary amides is 1. The minimum atomic E-state index is -0.458. The minimum Gasteiger partial charge on any atom is -0.471 e. The first kappa shape index (κ1) is 10.5. The molecule has 1 aliphatic heterocycles. The highest BCUT2D eigenvalue weighted by Crippen LogP contribution is 2.31. The first-order valence-electron chi connectivity index (χ1n) is 5.21. The molecular formula is C12H14N2O2. The highest BCUT2D eigenvalue weighted by molar-refractivity contribution is 5.91. The van der Waals surface area contributed by atoms with E-state index in [0.717, 1.165) is 5.56 Å². The van der Waals surface area contributed by atoms with Crippen LogP contribution in [-0.2, 0) is 9.53 Å². The summed E-state index contributed by atoms with van der Waals surface area (Å²) in [5.41, 5.74) is 6.71. The van der Waals surface area contributed by atoms with Crippen LogP contribution >= 0.6 is 0 Å². The maximum atomic E-state index is 11.2. The van der Waals surface area contributed by atoms with E-state index >= 15 is 0 Å². The van der Waals surface area contributed by atoms with Crippen molar-refractivity contribution in [2.45, 2.75) is 13.2 Å². The molecule has 1 aromatic rings. The first-order chi connectivity index (χ1) is 7.74. The van der Waals surface area contributed by atoms with Crippen molar-refractivity contribution < 1.29 is 9.53 Å². The molecule has 0 saturated heterocycles. The average Bonchev–Trinajstić information content (AvgIpc) is 2.73. The molecule has 0 aromatic heterocycles. The van der Waals surface area contributed by atoms with Gasteiger partial charge in [0.05, 0.1) is 0 Å². The molecule has 16 heavy (non-hydrogen) atoms. The van der Waals surface area contributed by atoms with E-state index in [1.165, 1.54) is 6.26 Å². The summed E-state index contributed by atoms with van der Waals surface area (Å²) in [5, 5.41) is 0. The zero-order valence-corrected chi connectivity index (χ0v) is 9.09. The van der Waals surface area contributed by atoms with E-state index in [-0.39, 0.29) is 6.23 Å². The van der Waals surface area contributed by atoms with Crippen LogP contribution in [0.4, 0.5) is 0 Å². The van der Waals surface area contributed by atoms with Gasteiger partial charge in [-0.2, -0.15) is 0 Å². The SMILES string of the molecule is CCN1C(C(N)=O)=COC1c1ccccc1. The molecule has 0 spiro atoms. The molecule has 0 bridgehead atoms. The summed E-state index contributed by atoms with van der Waals surface area (Å²) in [6.07, 6.45) is 1.19. The minimum absolute atomic E-state index is 0.242. The number of ether oxygens (including phenoxy) is 1. The molecule has 4 nitrogen and oxygen atoms in total. The molecule has 84 valence electrons. The summed E-state index contributed by atoms with van der Waals surface area (Å²) in [4.78, 5) is 13.0. The van der Waals surface area contributed by atoms with Crippen molar-refractivity contribution in [1.29, 1.82) is 0 Å². The Morgan fingerprint density at radius 3 is 2.69 bits per heavy atom. The second-order valence-corrected chi connectivity index (χ2v) is 3.55. The van der Waals surface area contributed by atoms with Crippen LogP contribution in [0, 0.1) is 0 Å². The number of carbonyl (C=O) groups excluding carboxylic acids is 1. The van der Waals surface area contributed by atoms with E-state index in [1.54, 1.807) is 0 Å². The van der Waals surface area contributed by atoms with E-state index in [1.807, 2.05) is 42.2 Å². The monoisotopic (exact) mass is 218 g/mol. The fraction of sp³-hybridized carbons (Fsp3) is 0.250. The standard InChI is InChI=1S/C12H14N2O2/c1-2-14-10(11(13)15)8-16-12(14)9-6-4-3-5-7-9/h3-8,12H,2H2,1H3,(H2,13,15). The van der Waals surface area contributed by atoms with Gasteiger partial charge in [-0.15, -0.1) is 0 Å². The van der Waals surface area contributed by atoms with Crippen LogP contribution in [0.25, 0.3) is 0 Å². The van der Waals surface area contributed by atoms with Crippen LogP contribution in [0.5, 0.6) is 0 Å². The van der Waals surface area contributed by atoms with E-state index in [2.05, 4.69) is 0 Å². The number of rotatable bonds is 3. The van der Waals surface area contributed by atoms with Crippen molar-refractivity contribution in [3.63, 3.8) is 0 Å². The molecule has 2 N–H and O–H groups in total. The van der Waals surface area contributed by atoms with Crippen LogP contribution < -0.4 is 5.73 Å². The maximum Gasteiger partial charge on any atom is 0.268 e. The summed E-state index contributed by atoms with van der Waals surface area (Å²) < 4.78 is 5.48. The Kier molecular flexibility index (Phi) is 2.81. The molecule has 1 heterocycles. The lowest BCUT2D eigenvalue weighted by Gasteiger charge is -2.25. The summed E-state index contributed by atoms with van der Waals surface area (Å²) in [5.74, 6) is -0.458. The Bertz CT molecular complexity index is 414. The number of hydrogen-bond acceptors (Lipinski definition) is 3. The smallest absolute Gasteiger partial charge is 0.268 e. The van der Waals surface area contributed by atoms with Gasteiger partial charge < -0.3 is 15.4 Å². The number of nitrogens with two attached hydrogens (primary N) is 1. The molecule has 1 aliphatic rings. The van der Waals surface area contributed by atoms with Gasteiger partial charge in [-0.25, -0.2) is 0 Å². The van der Waals surface area contributed by atoms with Crippen molar-refractivity contribution in [3.05, 3.63) is 47.9 Å². The lowest BCUT2D eigenvalue weighted by Crippen LogP contribution is -2.30. The molecule has 1 atom stereocenters. The number of benzene rings is 1. The van der Waals surface area contributed by atoms with Gasteiger partial charge in [0.2, 0.25) is 0 Å². The molecule has 0 aliphatic carbocycles. The molecule has 0 radical (unpaired) electrons. The van der Waals surface area contributed by atoms with E-state index in [4.69, 9.17) is 10.5 Å². The van der Waals surface area contributed by atoms with Gasteiger partial charge in [0.1, 0.15) is 12.0 Å². The molecule has 1 aromatic carbocycles. The lowest BCUT2D eigenvalue weighted by atomic mass is 10.2. The second kappa shape index (κ2) is 4.26. The first-order valence-corrected chi connectivity index (χ1v) is 5.21. The fourth-order valence-electron chi connectivity index (χ4n) is 1.81. The van der Waals surface area contributed by atoms with Gasteiger partial charge in [0.25, 0.3) is 5.91 Å². The van der Waals surface area contributed by atoms with Crippen LogP contribution in [0.3, 0.4) is 0 Å². The largest absolute Gasteiger partial charge is 0.471 e. The number of carbonyl (C=O) groups is 1. The topological polar surface area (TPSA) is 55.6 Å². The van der Waals surface area contributed by atoms with E-state index in [0.29, 0.717) is 12.2 Å². The summed E-state index contributed by atoms with van der Waals surface area (Å²) >= 11 is 0. The molecule has 1 unspecified atom stereocenters. The summed E-state index contributed by atoms with van der Waals surface area (Å²) in [6.45, 7) is 2.63. The van der Waals surface area contributed by atoms with Gasteiger partial charge in [0.15, 0.2) is 6.23 Å². The quantitative estimate of drug-likeness (QED) is 0.833. The Labute approximate surface area is 94.3 Å². The Hall–Kier alpha value is -1.97. The number of hydrogen-bond donors (Lipinski definition) is 1. The summed E-state index contributed by atoms with van der Waals surface area (Å²) in [7, 11) is 0. The molecule has 0 saturated carbocycles. The van der Waals surface area contributed by atoms with Gasteiger partial charge in [0, 0.05) is 12.1 Å². The van der Waals surface area contributed by atoms with Crippen molar-refractivity contribution in [1.82, 2.24) is 4.90 Å². The van der Waals surface area contributed by atoms with Crippen LogP contribution in [0.2, 0.25) is 0 Å². The Morgan fingerprint density at radius 1 is 1.44 bits per heavy atom. The molecule has 1 amide bonds. The third-order valence-corrected chi connectivity index (χ3v) is 2.58. The van der Waals surface area contributed by atoms with Crippen molar-refractivity contribution in [2.75, 3.05) is 6.54 Å². The van der Waals surface area contributed by atoms with Gasteiger partial charge in [-0.05, 0) is 6.92 Å². The predicted molar refractivity (Wildman–Crippen MR) is 59.9 cm³/mol. The zero-order valence-electron chi connectivity index (χ0n) is 9.09. The fourth-order valence-corrected chi connectivity index (χ4v) is 1.81. The zero-order chi connectivity index (χ0) is 11.5. The Morgan fingerprint density at radius 2 is 2.12 bits per heavy atom. The second-order valence-electron chi connectivity index (χ2n) is 3.55. The van der Waals surface area contributed by atoms with E-state index < -0.39 is 5.91 Å².